The van der Waals surface area contributed by atoms with E-state index in [1.54, 1.807) is 0 Å². The van der Waals surface area contributed by atoms with Crippen molar-refractivity contribution in [3.63, 3.8) is 0 Å². The van der Waals surface area contributed by atoms with Crippen molar-refractivity contribution >= 4 is 30.5 Å². The summed E-state index contributed by atoms with van der Waals surface area (Å²) >= 11 is 0. The molecule has 5 N–H and O–H groups in total. The molecule has 0 unspecified atom stereocenters. The fraction of sp³-hybridized carbons (Fsp3) is 0.500. The lowest BCUT2D eigenvalue weighted by Crippen LogP contribution is -2.53. The monoisotopic (exact) mass is 277 g/mol. The van der Waals surface area contributed by atoms with Crippen LogP contribution in [0.3, 0.4) is 0 Å². The van der Waals surface area contributed by atoms with E-state index in [1.165, 1.54) is 12.0 Å². The van der Waals surface area contributed by atoms with Crippen molar-refractivity contribution in [2.75, 3.05) is 12.3 Å². The van der Waals surface area contributed by atoms with E-state index < -0.39 is 0 Å². The van der Waals surface area contributed by atoms with Crippen LogP contribution in [0.1, 0.15) is 24.8 Å². The minimum atomic E-state index is 0. The van der Waals surface area contributed by atoms with Gasteiger partial charge in [-0.3, -0.25) is 0 Å². The van der Waals surface area contributed by atoms with Gasteiger partial charge in [-0.05, 0) is 37.0 Å². The topological polar surface area (TPSA) is 64.1 Å². The van der Waals surface area contributed by atoms with Gasteiger partial charge in [-0.2, -0.15) is 0 Å². The van der Waals surface area contributed by atoms with Crippen LogP contribution in [0.2, 0.25) is 0 Å². The molecule has 0 heterocycles. The summed E-state index contributed by atoms with van der Waals surface area (Å²) in [7, 11) is 0. The van der Waals surface area contributed by atoms with Gasteiger partial charge in [0.1, 0.15) is 0 Å². The van der Waals surface area contributed by atoms with Gasteiger partial charge < -0.3 is 16.8 Å². The van der Waals surface area contributed by atoms with Crippen molar-refractivity contribution in [1.82, 2.24) is 5.32 Å². The molecule has 1 saturated carbocycles. The highest BCUT2D eigenvalue weighted by molar-refractivity contribution is 5.85. The van der Waals surface area contributed by atoms with Gasteiger partial charge in [-0.1, -0.05) is 12.1 Å². The van der Waals surface area contributed by atoms with Crippen molar-refractivity contribution in [2.24, 2.45) is 5.73 Å². The molecule has 0 aromatic heterocycles. The van der Waals surface area contributed by atoms with Crippen LogP contribution < -0.4 is 16.8 Å². The average Bonchev–Trinajstić information content (AvgIpc) is 2.15. The summed E-state index contributed by atoms with van der Waals surface area (Å²) in [6, 6.07) is 7.96. The van der Waals surface area contributed by atoms with Gasteiger partial charge in [0.15, 0.2) is 0 Å². The first-order valence-electron chi connectivity index (χ1n) is 5.52. The Morgan fingerprint density at radius 3 is 2.47 bits per heavy atom. The minimum absolute atomic E-state index is 0. The van der Waals surface area contributed by atoms with Crippen molar-refractivity contribution in [2.45, 2.75) is 31.3 Å². The number of hydrogen-bond donors (Lipinski definition) is 3. The number of hydrogen-bond acceptors (Lipinski definition) is 3. The summed E-state index contributed by atoms with van der Waals surface area (Å²) in [6.07, 6.45) is 3.57. The zero-order chi connectivity index (χ0) is 10.7. The van der Waals surface area contributed by atoms with Gasteiger partial charge >= 0.3 is 0 Å². The van der Waals surface area contributed by atoms with Crippen molar-refractivity contribution < 1.29 is 0 Å². The van der Waals surface area contributed by atoms with Crippen LogP contribution in [0, 0.1) is 0 Å². The first-order valence-corrected chi connectivity index (χ1v) is 5.52. The van der Waals surface area contributed by atoms with Gasteiger partial charge in [-0.25, -0.2) is 0 Å². The van der Waals surface area contributed by atoms with Crippen LogP contribution >= 0.6 is 24.8 Å². The van der Waals surface area contributed by atoms with Crippen molar-refractivity contribution in [1.29, 1.82) is 0 Å². The third-order valence-electron chi connectivity index (χ3n) is 3.11. The molecule has 0 amide bonds. The fourth-order valence-electron chi connectivity index (χ4n) is 1.97. The lowest BCUT2D eigenvalue weighted by Gasteiger charge is -2.38. The van der Waals surface area contributed by atoms with Crippen LogP contribution in [0.4, 0.5) is 5.69 Å². The van der Waals surface area contributed by atoms with E-state index in [0.717, 1.165) is 31.6 Å². The van der Waals surface area contributed by atoms with Crippen LogP contribution in [-0.2, 0) is 6.54 Å². The van der Waals surface area contributed by atoms with Crippen molar-refractivity contribution in [3.8, 4) is 0 Å². The third kappa shape index (κ3) is 4.72. The lowest BCUT2D eigenvalue weighted by molar-refractivity contribution is 0.239. The largest absolute Gasteiger partial charge is 0.399 e. The maximum Gasteiger partial charge on any atom is 0.0317 e. The van der Waals surface area contributed by atoms with Crippen LogP contribution in [-0.4, -0.2) is 12.1 Å². The second kappa shape index (κ2) is 7.07. The standard InChI is InChI=1S/C12H19N3.2ClH/c13-11-4-1-3-10(7-11)8-15-9-12(14)5-2-6-12;;/h1,3-4,7,15H,2,5-6,8-9,13-14H2;2*1H. The molecule has 5 heteroatoms. The molecule has 1 aliphatic rings. The Balaban J connectivity index is 0.00000128. The van der Waals surface area contributed by atoms with E-state index in [1.807, 2.05) is 18.2 Å². The van der Waals surface area contributed by atoms with Crippen LogP contribution in [0.5, 0.6) is 0 Å². The van der Waals surface area contributed by atoms with Gasteiger partial charge in [0.25, 0.3) is 0 Å². The molecule has 2 rings (SSSR count). The zero-order valence-electron chi connectivity index (χ0n) is 9.82. The number of nitrogens with one attached hydrogen (secondary N) is 1. The van der Waals surface area contributed by atoms with E-state index in [9.17, 15) is 0 Å². The SMILES string of the molecule is Cl.Cl.Nc1cccc(CNCC2(N)CCC2)c1. The Kier molecular flexibility index (Phi) is 6.87. The molecular formula is C12H21Cl2N3. The normalized spacial score (nSPS) is 16.3. The molecular weight excluding hydrogens is 257 g/mol. The highest BCUT2D eigenvalue weighted by Gasteiger charge is 2.31. The zero-order valence-corrected chi connectivity index (χ0v) is 11.4. The highest BCUT2D eigenvalue weighted by atomic mass is 35.5. The fourth-order valence-corrected chi connectivity index (χ4v) is 1.97. The van der Waals surface area contributed by atoms with Crippen LogP contribution in [0.25, 0.3) is 0 Å². The number of benzene rings is 1. The number of halogens is 2. The number of anilines is 1. The second-order valence-corrected chi connectivity index (χ2v) is 4.56. The van der Waals surface area contributed by atoms with E-state index in [4.69, 9.17) is 11.5 Å². The van der Waals surface area contributed by atoms with Crippen molar-refractivity contribution in [3.05, 3.63) is 29.8 Å². The maximum atomic E-state index is 6.11. The maximum absolute atomic E-state index is 6.11. The molecule has 0 radical (unpaired) electrons. The summed E-state index contributed by atoms with van der Waals surface area (Å²) in [5.41, 5.74) is 13.9. The van der Waals surface area contributed by atoms with Gasteiger partial charge in [0, 0.05) is 24.3 Å². The predicted octanol–water partition coefficient (Wildman–Crippen LogP) is 2.08. The number of nitrogen functional groups attached to an aromatic ring is 1. The molecule has 0 saturated heterocycles. The molecule has 17 heavy (non-hydrogen) atoms. The predicted molar refractivity (Wildman–Crippen MR) is 77.8 cm³/mol. The highest BCUT2D eigenvalue weighted by Crippen LogP contribution is 2.28. The lowest BCUT2D eigenvalue weighted by atomic mass is 9.78. The number of rotatable bonds is 4. The van der Waals surface area contributed by atoms with Gasteiger partial charge in [0.2, 0.25) is 0 Å². The van der Waals surface area contributed by atoms with E-state index >= 15 is 0 Å². The molecule has 0 aliphatic heterocycles. The Hall–Kier alpha value is -0.480. The Morgan fingerprint density at radius 1 is 1.24 bits per heavy atom. The molecule has 1 aromatic rings. The Bertz CT molecular complexity index is 340. The first-order chi connectivity index (χ1) is 7.18. The molecule has 98 valence electrons. The second-order valence-electron chi connectivity index (χ2n) is 4.56. The summed E-state index contributed by atoms with van der Waals surface area (Å²) in [5.74, 6) is 0. The van der Waals surface area contributed by atoms with E-state index in [2.05, 4.69) is 11.4 Å². The van der Waals surface area contributed by atoms with Gasteiger partial charge in [-0.15, -0.1) is 24.8 Å². The molecule has 1 fully saturated rings. The smallest absolute Gasteiger partial charge is 0.0317 e. The minimum Gasteiger partial charge on any atom is -0.399 e. The molecule has 0 bridgehead atoms. The Labute approximate surface area is 115 Å². The molecule has 0 spiro atoms. The van der Waals surface area contributed by atoms with E-state index in [-0.39, 0.29) is 30.4 Å². The summed E-state index contributed by atoms with van der Waals surface area (Å²) in [5, 5.41) is 3.39. The van der Waals surface area contributed by atoms with Gasteiger partial charge in [0.05, 0.1) is 0 Å². The molecule has 1 aliphatic carbocycles. The van der Waals surface area contributed by atoms with Crippen LogP contribution in [0.15, 0.2) is 24.3 Å². The first kappa shape index (κ1) is 16.5. The molecule has 0 atom stereocenters. The molecule has 1 aromatic carbocycles. The third-order valence-corrected chi connectivity index (χ3v) is 3.11. The number of nitrogens with two attached hydrogens (primary N) is 2. The summed E-state index contributed by atoms with van der Waals surface area (Å²) < 4.78 is 0. The summed E-state index contributed by atoms with van der Waals surface area (Å²) in [4.78, 5) is 0. The quantitative estimate of drug-likeness (QED) is 0.739. The molecule has 3 nitrogen and oxygen atoms in total. The summed E-state index contributed by atoms with van der Waals surface area (Å²) in [6.45, 7) is 1.76. The Morgan fingerprint density at radius 2 is 1.94 bits per heavy atom. The average molecular weight is 278 g/mol. The van der Waals surface area contributed by atoms with E-state index in [0.29, 0.717) is 0 Å².